The first-order valence-corrected chi connectivity index (χ1v) is 6.21. The van der Waals surface area contributed by atoms with Crippen molar-refractivity contribution in [3.8, 4) is 0 Å². The molecular formula is C13H17N3O2. The lowest BCUT2D eigenvalue weighted by atomic mass is 10.2. The van der Waals surface area contributed by atoms with Crippen LogP contribution in [0.15, 0.2) is 24.8 Å². The summed E-state index contributed by atoms with van der Waals surface area (Å²) in [6.07, 6.45) is 7.60. The number of ether oxygens (including phenoxy) is 1. The second-order valence-corrected chi connectivity index (χ2v) is 4.06. The number of carbonyl (C=O) groups is 1. The highest BCUT2D eigenvalue weighted by Gasteiger charge is 2.03. The molecule has 2 heterocycles. The van der Waals surface area contributed by atoms with Crippen molar-refractivity contribution in [2.45, 2.75) is 32.7 Å². The molecule has 0 atom stereocenters. The Morgan fingerprint density at radius 1 is 1.44 bits per heavy atom. The first-order chi connectivity index (χ1) is 8.81. The van der Waals surface area contributed by atoms with Crippen molar-refractivity contribution in [2.75, 3.05) is 6.61 Å². The van der Waals surface area contributed by atoms with Crippen LogP contribution in [0.3, 0.4) is 0 Å². The van der Waals surface area contributed by atoms with E-state index in [0.717, 1.165) is 30.4 Å². The average Bonchev–Trinajstić information content (AvgIpc) is 2.78. The van der Waals surface area contributed by atoms with Gasteiger partial charge in [-0.05, 0) is 25.8 Å². The van der Waals surface area contributed by atoms with E-state index in [1.165, 1.54) is 0 Å². The number of hydrogen-bond donors (Lipinski definition) is 0. The number of unbranched alkanes of at least 4 members (excludes halogenated alkanes) is 1. The average molecular weight is 247 g/mol. The van der Waals surface area contributed by atoms with E-state index < -0.39 is 0 Å². The van der Waals surface area contributed by atoms with Crippen LogP contribution in [0.5, 0.6) is 0 Å². The molecule has 0 spiro atoms. The Balaban J connectivity index is 1.82. The van der Waals surface area contributed by atoms with Crippen LogP contribution in [0.1, 0.15) is 26.2 Å². The number of imidazole rings is 1. The number of hydrogen-bond acceptors (Lipinski definition) is 4. The van der Waals surface area contributed by atoms with Gasteiger partial charge in [0.2, 0.25) is 0 Å². The molecule has 0 bridgehead atoms. The van der Waals surface area contributed by atoms with Crippen LogP contribution in [0.25, 0.3) is 11.0 Å². The standard InChI is InChI=1S/C13H17N3O2/c1-2-18-13(17)5-3-4-8-16-10-15-11-9-14-7-6-12(11)16/h6-7,9-10H,2-5,8H2,1H3. The molecule has 18 heavy (non-hydrogen) atoms. The number of fused-ring (bicyclic) bond motifs is 1. The molecule has 0 fully saturated rings. The van der Waals surface area contributed by atoms with Crippen LogP contribution in [-0.4, -0.2) is 27.1 Å². The van der Waals surface area contributed by atoms with Gasteiger partial charge in [0.15, 0.2) is 0 Å². The Hall–Kier alpha value is -1.91. The third-order valence-electron chi connectivity index (χ3n) is 2.76. The minimum absolute atomic E-state index is 0.114. The molecule has 0 aliphatic carbocycles. The molecule has 0 aliphatic rings. The van der Waals surface area contributed by atoms with Crippen LogP contribution in [-0.2, 0) is 16.1 Å². The molecule has 2 aromatic heterocycles. The molecule has 96 valence electrons. The van der Waals surface area contributed by atoms with E-state index >= 15 is 0 Å². The van der Waals surface area contributed by atoms with Gasteiger partial charge >= 0.3 is 5.97 Å². The number of esters is 1. The van der Waals surface area contributed by atoms with Gasteiger partial charge in [-0.2, -0.15) is 0 Å². The third kappa shape index (κ3) is 3.06. The van der Waals surface area contributed by atoms with E-state index in [1.807, 2.05) is 19.3 Å². The second-order valence-electron chi connectivity index (χ2n) is 4.06. The van der Waals surface area contributed by atoms with Gasteiger partial charge in [0.25, 0.3) is 0 Å². The Morgan fingerprint density at radius 3 is 3.17 bits per heavy atom. The lowest BCUT2D eigenvalue weighted by Gasteiger charge is -2.04. The largest absolute Gasteiger partial charge is 0.466 e. The fourth-order valence-electron chi connectivity index (χ4n) is 1.88. The van der Waals surface area contributed by atoms with Gasteiger partial charge in [0.1, 0.15) is 5.52 Å². The lowest BCUT2D eigenvalue weighted by Crippen LogP contribution is -2.04. The normalized spacial score (nSPS) is 10.7. The third-order valence-corrected chi connectivity index (χ3v) is 2.76. The molecule has 0 aromatic carbocycles. The van der Waals surface area contributed by atoms with Crippen molar-refractivity contribution in [3.63, 3.8) is 0 Å². The fourth-order valence-corrected chi connectivity index (χ4v) is 1.88. The predicted molar refractivity (Wildman–Crippen MR) is 68.0 cm³/mol. The van der Waals surface area contributed by atoms with Gasteiger partial charge in [-0.3, -0.25) is 9.78 Å². The summed E-state index contributed by atoms with van der Waals surface area (Å²) in [5.41, 5.74) is 1.99. The lowest BCUT2D eigenvalue weighted by molar-refractivity contribution is -0.143. The molecule has 0 saturated carbocycles. The number of aromatic nitrogens is 3. The SMILES string of the molecule is CCOC(=O)CCCCn1cnc2cnccc21. The molecule has 2 aromatic rings. The summed E-state index contributed by atoms with van der Waals surface area (Å²) in [4.78, 5) is 19.5. The summed E-state index contributed by atoms with van der Waals surface area (Å²) in [7, 11) is 0. The Bertz CT molecular complexity index is 522. The second kappa shape index (κ2) is 6.14. The highest BCUT2D eigenvalue weighted by Crippen LogP contribution is 2.11. The molecule has 0 unspecified atom stereocenters. The first-order valence-electron chi connectivity index (χ1n) is 6.21. The van der Waals surface area contributed by atoms with E-state index in [2.05, 4.69) is 14.5 Å². The smallest absolute Gasteiger partial charge is 0.305 e. The number of rotatable bonds is 6. The van der Waals surface area contributed by atoms with Crippen molar-refractivity contribution in [3.05, 3.63) is 24.8 Å². The summed E-state index contributed by atoms with van der Waals surface area (Å²) in [6.45, 7) is 3.14. The zero-order valence-electron chi connectivity index (χ0n) is 10.5. The monoisotopic (exact) mass is 247 g/mol. The minimum atomic E-state index is -0.114. The van der Waals surface area contributed by atoms with Crippen molar-refractivity contribution >= 4 is 17.0 Å². The van der Waals surface area contributed by atoms with Gasteiger partial charge in [-0.15, -0.1) is 0 Å². The zero-order valence-corrected chi connectivity index (χ0v) is 10.5. The molecule has 0 aliphatic heterocycles. The number of nitrogens with zero attached hydrogens (tertiary/aromatic N) is 3. The van der Waals surface area contributed by atoms with E-state index in [0.29, 0.717) is 13.0 Å². The van der Waals surface area contributed by atoms with Gasteiger partial charge in [-0.1, -0.05) is 0 Å². The first kappa shape index (κ1) is 12.5. The van der Waals surface area contributed by atoms with Gasteiger partial charge in [-0.25, -0.2) is 4.98 Å². The van der Waals surface area contributed by atoms with E-state index in [4.69, 9.17) is 4.74 Å². The van der Waals surface area contributed by atoms with Gasteiger partial charge < -0.3 is 9.30 Å². The Morgan fingerprint density at radius 2 is 2.33 bits per heavy atom. The maximum atomic E-state index is 11.2. The molecule has 0 amide bonds. The maximum absolute atomic E-state index is 11.2. The maximum Gasteiger partial charge on any atom is 0.305 e. The molecule has 5 nitrogen and oxygen atoms in total. The number of aryl methyl sites for hydroxylation is 1. The highest BCUT2D eigenvalue weighted by molar-refractivity contribution is 5.73. The summed E-state index contributed by atoms with van der Waals surface area (Å²) >= 11 is 0. The summed E-state index contributed by atoms with van der Waals surface area (Å²) in [6, 6.07) is 1.95. The topological polar surface area (TPSA) is 57.0 Å². The van der Waals surface area contributed by atoms with E-state index in [-0.39, 0.29) is 5.97 Å². The zero-order chi connectivity index (χ0) is 12.8. The molecule has 0 N–H and O–H groups in total. The molecule has 0 saturated heterocycles. The summed E-state index contributed by atoms with van der Waals surface area (Å²) in [5.74, 6) is -0.114. The van der Waals surface area contributed by atoms with Crippen molar-refractivity contribution in [1.29, 1.82) is 0 Å². The quantitative estimate of drug-likeness (QED) is 0.580. The van der Waals surface area contributed by atoms with Crippen LogP contribution in [0, 0.1) is 0 Å². The molecule has 5 heteroatoms. The number of pyridine rings is 1. The predicted octanol–water partition coefficient (Wildman–Crippen LogP) is 2.16. The van der Waals surface area contributed by atoms with Gasteiger partial charge in [0, 0.05) is 19.2 Å². The Kier molecular flexibility index (Phi) is 4.28. The van der Waals surface area contributed by atoms with Crippen molar-refractivity contribution in [1.82, 2.24) is 14.5 Å². The summed E-state index contributed by atoms with van der Waals surface area (Å²) in [5, 5.41) is 0. The van der Waals surface area contributed by atoms with Gasteiger partial charge in [0.05, 0.1) is 24.6 Å². The van der Waals surface area contributed by atoms with Crippen LogP contribution in [0.2, 0.25) is 0 Å². The molecular weight excluding hydrogens is 230 g/mol. The van der Waals surface area contributed by atoms with E-state index in [9.17, 15) is 4.79 Å². The van der Waals surface area contributed by atoms with Crippen molar-refractivity contribution in [2.24, 2.45) is 0 Å². The van der Waals surface area contributed by atoms with Crippen LogP contribution in [0.4, 0.5) is 0 Å². The molecule has 2 rings (SSSR count). The van der Waals surface area contributed by atoms with E-state index in [1.54, 1.807) is 12.4 Å². The van der Waals surface area contributed by atoms with Crippen LogP contribution >= 0.6 is 0 Å². The minimum Gasteiger partial charge on any atom is -0.466 e. The molecule has 0 radical (unpaired) electrons. The highest BCUT2D eigenvalue weighted by atomic mass is 16.5. The Labute approximate surface area is 106 Å². The summed E-state index contributed by atoms with van der Waals surface area (Å²) < 4.78 is 6.97. The van der Waals surface area contributed by atoms with Crippen LogP contribution < -0.4 is 0 Å². The van der Waals surface area contributed by atoms with Crippen molar-refractivity contribution < 1.29 is 9.53 Å². The number of carbonyl (C=O) groups excluding carboxylic acids is 1. The fraction of sp³-hybridized carbons (Fsp3) is 0.462.